The van der Waals surface area contributed by atoms with Crippen LogP contribution < -0.4 is 5.32 Å². The minimum Gasteiger partial charge on any atom is -0.325 e. The van der Waals surface area contributed by atoms with Crippen molar-refractivity contribution in [3.63, 3.8) is 0 Å². The molecule has 0 spiro atoms. The lowest BCUT2D eigenvalue weighted by Gasteiger charge is -2.09. The molecule has 8 heteroatoms. The molecular weight excluding hydrogens is 310 g/mol. The van der Waals surface area contributed by atoms with E-state index in [4.69, 9.17) is 11.6 Å². The van der Waals surface area contributed by atoms with Gasteiger partial charge in [0, 0.05) is 10.7 Å². The number of aromatic nitrogens is 4. The summed E-state index contributed by atoms with van der Waals surface area (Å²) in [6.07, 6.45) is 0. The summed E-state index contributed by atoms with van der Waals surface area (Å²) >= 11 is 7.23. The summed E-state index contributed by atoms with van der Waals surface area (Å²) in [6, 6.07) is 5.54. The molecule has 1 aromatic heterocycles. The summed E-state index contributed by atoms with van der Waals surface area (Å²) in [5.74, 6) is 0.114. The number of thioether (sulfide) groups is 1. The lowest BCUT2D eigenvalue weighted by molar-refractivity contribution is -0.113. The van der Waals surface area contributed by atoms with Gasteiger partial charge in [-0.1, -0.05) is 29.4 Å². The fourth-order valence-electron chi connectivity index (χ4n) is 1.65. The van der Waals surface area contributed by atoms with Crippen LogP contribution in [0.25, 0.3) is 0 Å². The number of carbonyl (C=O) groups excluding carboxylic acids is 1. The van der Waals surface area contributed by atoms with Crippen LogP contribution in [0.1, 0.15) is 25.5 Å². The van der Waals surface area contributed by atoms with Gasteiger partial charge >= 0.3 is 0 Å². The Balaban J connectivity index is 1.96. The van der Waals surface area contributed by atoms with Crippen LogP contribution in [0.3, 0.4) is 0 Å². The van der Waals surface area contributed by atoms with Gasteiger partial charge in [0.05, 0.1) is 11.8 Å². The van der Waals surface area contributed by atoms with Gasteiger partial charge in [0.2, 0.25) is 11.1 Å². The number of amides is 1. The summed E-state index contributed by atoms with van der Waals surface area (Å²) in [5, 5.41) is 15.5. The van der Waals surface area contributed by atoms with Crippen molar-refractivity contribution in [1.82, 2.24) is 20.2 Å². The summed E-state index contributed by atoms with van der Waals surface area (Å²) in [5.41, 5.74) is 1.68. The van der Waals surface area contributed by atoms with Crippen LogP contribution in [0.2, 0.25) is 5.02 Å². The zero-order valence-electron chi connectivity index (χ0n) is 12.0. The number of halogens is 1. The van der Waals surface area contributed by atoms with Crippen LogP contribution in [0.5, 0.6) is 0 Å². The highest BCUT2D eigenvalue weighted by atomic mass is 35.5. The monoisotopic (exact) mass is 325 g/mol. The molecule has 2 rings (SSSR count). The molecule has 112 valence electrons. The van der Waals surface area contributed by atoms with Crippen LogP contribution in [0.15, 0.2) is 23.4 Å². The first-order valence-electron chi connectivity index (χ1n) is 6.44. The van der Waals surface area contributed by atoms with Gasteiger partial charge in [0.1, 0.15) is 0 Å². The lowest BCUT2D eigenvalue weighted by atomic mass is 10.2. The molecule has 2 aromatic rings. The van der Waals surface area contributed by atoms with E-state index in [1.807, 2.05) is 26.8 Å². The first-order chi connectivity index (χ1) is 9.97. The van der Waals surface area contributed by atoms with Crippen molar-refractivity contribution < 1.29 is 4.79 Å². The van der Waals surface area contributed by atoms with Crippen molar-refractivity contribution >= 4 is 35.0 Å². The van der Waals surface area contributed by atoms with Gasteiger partial charge < -0.3 is 5.32 Å². The lowest BCUT2D eigenvalue weighted by Crippen LogP contribution is -2.15. The van der Waals surface area contributed by atoms with Gasteiger partial charge in [-0.3, -0.25) is 4.79 Å². The Labute approximate surface area is 132 Å². The Morgan fingerprint density at radius 2 is 2.24 bits per heavy atom. The summed E-state index contributed by atoms with van der Waals surface area (Å²) in [7, 11) is 0. The fourth-order valence-corrected chi connectivity index (χ4v) is 2.63. The third-order valence-electron chi connectivity index (χ3n) is 2.76. The van der Waals surface area contributed by atoms with Crippen molar-refractivity contribution in [2.45, 2.75) is 32.0 Å². The maximum Gasteiger partial charge on any atom is 0.234 e. The van der Waals surface area contributed by atoms with E-state index in [1.54, 1.807) is 16.8 Å². The fraction of sp³-hybridized carbons (Fsp3) is 0.385. The highest BCUT2D eigenvalue weighted by molar-refractivity contribution is 7.99. The number of benzene rings is 1. The molecule has 21 heavy (non-hydrogen) atoms. The maximum absolute atomic E-state index is 12.0. The van der Waals surface area contributed by atoms with Crippen molar-refractivity contribution in [2.75, 3.05) is 11.1 Å². The molecule has 0 fully saturated rings. The van der Waals surface area contributed by atoms with Crippen LogP contribution in [-0.4, -0.2) is 31.9 Å². The minimum atomic E-state index is -0.122. The van der Waals surface area contributed by atoms with E-state index in [1.165, 1.54) is 11.8 Å². The van der Waals surface area contributed by atoms with Gasteiger partial charge in [-0.05, 0) is 48.9 Å². The van der Waals surface area contributed by atoms with Gasteiger partial charge in [-0.2, -0.15) is 0 Å². The van der Waals surface area contributed by atoms with Crippen LogP contribution in [-0.2, 0) is 4.79 Å². The number of aryl methyl sites for hydroxylation is 1. The predicted molar refractivity (Wildman–Crippen MR) is 83.7 cm³/mol. The van der Waals surface area contributed by atoms with Crippen molar-refractivity contribution in [3.05, 3.63) is 28.8 Å². The second-order valence-electron chi connectivity index (χ2n) is 4.80. The molecule has 0 atom stereocenters. The third-order valence-corrected chi connectivity index (χ3v) is 3.93. The largest absolute Gasteiger partial charge is 0.325 e. The normalized spacial score (nSPS) is 10.9. The van der Waals surface area contributed by atoms with E-state index in [-0.39, 0.29) is 17.7 Å². The molecule has 0 saturated carbocycles. The van der Waals surface area contributed by atoms with Crippen molar-refractivity contribution in [2.24, 2.45) is 0 Å². The van der Waals surface area contributed by atoms with Crippen molar-refractivity contribution in [1.29, 1.82) is 0 Å². The molecule has 0 aliphatic rings. The Morgan fingerprint density at radius 1 is 1.48 bits per heavy atom. The van der Waals surface area contributed by atoms with E-state index in [0.717, 1.165) is 11.3 Å². The standard InChI is InChI=1S/C13H16ClN5OS/c1-8(2)19-13(16-17-18-19)21-7-12(20)15-11-6-10(14)5-4-9(11)3/h4-6,8H,7H2,1-3H3,(H,15,20). The average Bonchev–Trinajstić information content (AvgIpc) is 2.89. The van der Waals surface area contributed by atoms with Crippen LogP contribution in [0.4, 0.5) is 5.69 Å². The molecular formula is C13H16ClN5OS. The van der Waals surface area contributed by atoms with E-state index in [2.05, 4.69) is 20.8 Å². The van der Waals surface area contributed by atoms with Gasteiger partial charge in [0.15, 0.2) is 0 Å². The first-order valence-corrected chi connectivity index (χ1v) is 7.80. The minimum absolute atomic E-state index is 0.122. The van der Waals surface area contributed by atoms with E-state index in [0.29, 0.717) is 10.2 Å². The number of anilines is 1. The molecule has 0 saturated heterocycles. The molecule has 1 amide bonds. The number of carbonyl (C=O) groups is 1. The van der Waals surface area contributed by atoms with Crippen LogP contribution >= 0.6 is 23.4 Å². The number of hydrogen-bond donors (Lipinski definition) is 1. The molecule has 1 heterocycles. The molecule has 0 aliphatic heterocycles. The molecule has 0 bridgehead atoms. The molecule has 1 aromatic carbocycles. The zero-order chi connectivity index (χ0) is 15.4. The number of hydrogen-bond acceptors (Lipinski definition) is 5. The van der Waals surface area contributed by atoms with E-state index in [9.17, 15) is 4.79 Å². The predicted octanol–water partition coefficient (Wildman–Crippen LogP) is 2.95. The second-order valence-corrected chi connectivity index (χ2v) is 6.17. The maximum atomic E-state index is 12.0. The Kier molecular flexibility index (Phi) is 5.19. The third kappa shape index (κ3) is 4.18. The highest BCUT2D eigenvalue weighted by Gasteiger charge is 2.12. The SMILES string of the molecule is Cc1ccc(Cl)cc1NC(=O)CSc1nnnn1C(C)C. The second kappa shape index (κ2) is 6.91. The summed E-state index contributed by atoms with van der Waals surface area (Å²) in [4.78, 5) is 12.0. The first kappa shape index (κ1) is 15.8. The molecule has 0 unspecified atom stereocenters. The molecule has 0 radical (unpaired) electrons. The Hall–Kier alpha value is -1.60. The van der Waals surface area contributed by atoms with Gasteiger partial charge in [-0.25, -0.2) is 4.68 Å². The van der Waals surface area contributed by atoms with Gasteiger partial charge in [0.25, 0.3) is 0 Å². The molecule has 0 aliphatic carbocycles. The van der Waals surface area contributed by atoms with E-state index < -0.39 is 0 Å². The number of nitrogens with zero attached hydrogens (tertiary/aromatic N) is 4. The zero-order valence-corrected chi connectivity index (χ0v) is 13.6. The molecule has 6 nitrogen and oxygen atoms in total. The topological polar surface area (TPSA) is 72.7 Å². The number of rotatable bonds is 5. The average molecular weight is 326 g/mol. The number of nitrogens with one attached hydrogen (secondary N) is 1. The summed E-state index contributed by atoms with van der Waals surface area (Å²) in [6.45, 7) is 5.88. The summed E-state index contributed by atoms with van der Waals surface area (Å²) < 4.78 is 1.68. The van der Waals surface area contributed by atoms with E-state index >= 15 is 0 Å². The quantitative estimate of drug-likeness (QED) is 0.856. The van der Waals surface area contributed by atoms with Gasteiger partial charge in [-0.15, -0.1) is 5.10 Å². The Morgan fingerprint density at radius 3 is 2.95 bits per heavy atom. The van der Waals surface area contributed by atoms with Crippen LogP contribution in [0, 0.1) is 6.92 Å². The number of tetrazole rings is 1. The Bertz CT molecular complexity index is 643. The smallest absolute Gasteiger partial charge is 0.234 e. The molecule has 1 N–H and O–H groups in total. The van der Waals surface area contributed by atoms with Crippen molar-refractivity contribution in [3.8, 4) is 0 Å². The highest BCUT2D eigenvalue weighted by Crippen LogP contribution is 2.21.